The largest absolute Gasteiger partial charge is 0.346 e. The smallest absolute Gasteiger partial charge is 0.262 e. The molecule has 0 saturated carbocycles. The molecule has 0 spiro atoms. The summed E-state index contributed by atoms with van der Waals surface area (Å²) in [6, 6.07) is 0. The van der Waals surface area contributed by atoms with Crippen molar-refractivity contribution < 1.29 is 0 Å². The fraction of sp³-hybridized carbons (Fsp3) is 0.467. The molecule has 23 heavy (non-hydrogen) atoms. The molecule has 0 bridgehead atoms. The Morgan fingerprint density at radius 1 is 1.35 bits per heavy atom. The summed E-state index contributed by atoms with van der Waals surface area (Å²) in [5.41, 5.74) is 0.323. The zero-order valence-electron chi connectivity index (χ0n) is 13.3. The number of anilines is 1. The highest BCUT2D eigenvalue weighted by atomic mass is 32.1. The molecule has 3 aromatic heterocycles. The molecule has 0 aromatic carbocycles. The van der Waals surface area contributed by atoms with Crippen molar-refractivity contribution in [1.29, 1.82) is 0 Å². The molecule has 0 atom stereocenters. The van der Waals surface area contributed by atoms with E-state index in [1.807, 2.05) is 10.1 Å². The maximum Gasteiger partial charge on any atom is 0.262 e. The lowest BCUT2D eigenvalue weighted by Crippen LogP contribution is -2.46. The second-order valence-electron chi connectivity index (χ2n) is 6.83. The summed E-state index contributed by atoms with van der Waals surface area (Å²) < 4.78 is 1.82. The van der Waals surface area contributed by atoms with E-state index < -0.39 is 0 Å². The predicted octanol–water partition coefficient (Wildman–Crippen LogP) is 1.93. The number of hydrogen-bond donors (Lipinski definition) is 1. The van der Waals surface area contributed by atoms with E-state index in [1.54, 1.807) is 23.7 Å². The van der Waals surface area contributed by atoms with Gasteiger partial charge in [0.1, 0.15) is 11.2 Å². The van der Waals surface area contributed by atoms with E-state index >= 15 is 0 Å². The van der Waals surface area contributed by atoms with Crippen molar-refractivity contribution in [3.63, 3.8) is 0 Å². The lowest BCUT2D eigenvalue weighted by Gasteiger charge is -2.38. The van der Waals surface area contributed by atoms with Crippen molar-refractivity contribution in [2.24, 2.45) is 0 Å². The summed E-state index contributed by atoms with van der Waals surface area (Å²) in [6.45, 7) is 7.80. The van der Waals surface area contributed by atoms with Crippen LogP contribution in [0.5, 0.6) is 0 Å². The Kier molecular flexibility index (Phi) is 3.06. The fourth-order valence-electron chi connectivity index (χ4n) is 2.80. The summed E-state index contributed by atoms with van der Waals surface area (Å²) in [5.74, 6) is 0.959. The molecule has 120 valence electrons. The minimum absolute atomic E-state index is 0.117. The molecule has 1 saturated heterocycles. The van der Waals surface area contributed by atoms with E-state index in [1.165, 1.54) is 0 Å². The standard InChI is InChI=1S/C15H18N6OS/c1-15(2,3)21-12-10(6-17-21)13(22)19-11(18-12)9-7-20(8-9)14-16-4-5-23-14/h4-6,9H,7-8H2,1-3H3,(H,18,19,22). The highest BCUT2D eigenvalue weighted by molar-refractivity contribution is 7.13. The quantitative estimate of drug-likeness (QED) is 0.777. The molecule has 3 aromatic rings. The number of rotatable bonds is 2. The normalized spacial score (nSPS) is 16.0. The molecule has 0 unspecified atom stereocenters. The van der Waals surface area contributed by atoms with E-state index in [4.69, 9.17) is 4.98 Å². The molecule has 4 rings (SSSR count). The Morgan fingerprint density at radius 2 is 2.13 bits per heavy atom. The lowest BCUT2D eigenvalue weighted by molar-refractivity contribution is 0.365. The van der Waals surface area contributed by atoms with Crippen molar-refractivity contribution in [2.75, 3.05) is 18.0 Å². The van der Waals surface area contributed by atoms with E-state index in [-0.39, 0.29) is 17.0 Å². The fourth-order valence-corrected chi connectivity index (χ4v) is 3.46. The van der Waals surface area contributed by atoms with Crippen LogP contribution in [0, 0.1) is 0 Å². The third kappa shape index (κ3) is 2.33. The number of hydrogen-bond acceptors (Lipinski definition) is 6. The Balaban J connectivity index is 1.68. The average Bonchev–Trinajstić information content (AvgIpc) is 3.04. The second kappa shape index (κ2) is 4.89. The van der Waals surface area contributed by atoms with E-state index in [0.29, 0.717) is 11.0 Å². The van der Waals surface area contributed by atoms with Crippen LogP contribution in [0.15, 0.2) is 22.6 Å². The van der Waals surface area contributed by atoms with Gasteiger partial charge in [0, 0.05) is 24.7 Å². The average molecular weight is 330 g/mol. The second-order valence-corrected chi connectivity index (χ2v) is 7.71. The number of nitrogens with zero attached hydrogens (tertiary/aromatic N) is 5. The van der Waals surface area contributed by atoms with Crippen LogP contribution < -0.4 is 10.5 Å². The molecule has 1 aliphatic heterocycles. The molecule has 4 heterocycles. The molecule has 0 aliphatic carbocycles. The maximum atomic E-state index is 12.3. The predicted molar refractivity (Wildman–Crippen MR) is 90.2 cm³/mol. The Hall–Kier alpha value is -2.22. The summed E-state index contributed by atoms with van der Waals surface area (Å²) in [7, 11) is 0. The third-order valence-electron chi connectivity index (χ3n) is 4.05. The highest BCUT2D eigenvalue weighted by Gasteiger charge is 2.32. The first-order chi connectivity index (χ1) is 10.9. The SMILES string of the molecule is CC(C)(C)n1ncc2c(=O)[nH]c(C3CN(c4nccs4)C3)nc21. The van der Waals surface area contributed by atoms with Gasteiger partial charge in [-0.1, -0.05) is 0 Å². The molecule has 1 fully saturated rings. The first kappa shape index (κ1) is 14.4. The van der Waals surface area contributed by atoms with Gasteiger partial charge in [-0.05, 0) is 20.8 Å². The number of aromatic nitrogens is 5. The third-order valence-corrected chi connectivity index (χ3v) is 4.88. The molecule has 0 radical (unpaired) electrons. The van der Waals surface area contributed by atoms with Gasteiger partial charge in [-0.25, -0.2) is 14.6 Å². The van der Waals surface area contributed by atoms with Gasteiger partial charge in [0.15, 0.2) is 10.8 Å². The van der Waals surface area contributed by atoms with E-state index in [9.17, 15) is 4.79 Å². The Morgan fingerprint density at radius 3 is 2.78 bits per heavy atom. The summed E-state index contributed by atoms with van der Waals surface area (Å²) in [5, 5.41) is 7.87. The van der Waals surface area contributed by atoms with Gasteiger partial charge in [-0.2, -0.15) is 5.10 Å². The first-order valence-corrected chi connectivity index (χ1v) is 8.44. The summed E-state index contributed by atoms with van der Waals surface area (Å²) in [6.07, 6.45) is 3.40. The van der Waals surface area contributed by atoms with Gasteiger partial charge in [-0.15, -0.1) is 11.3 Å². The summed E-state index contributed by atoms with van der Waals surface area (Å²) in [4.78, 5) is 26.4. The Bertz CT molecular complexity index is 898. The highest BCUT2D eigenvalue weighted by Crippen LogP contribution is 2.31. The van der Waals surface area contributed by atoms with Crippen molar-refractivity contribution in [2.45, 2.75) is 32.2 Å². The van der Waals surface area contributed by atoms with Gasteiger partial charge in [-0.3, -0.25) is 4.79 Å². The van der Waals surface area contributed by atoms with Crippen LogP contribution >= 0.6 is 11.3 Å². The van der Waals surface area contributed by atoms with Gasteiger partial charge in [0.25, 0.3) is 5.56 Å². The van der Waals surface area contributed by atoms with Crippen LogP contribution in [-0.2, 0) is 5.54 Å². The van der Waals surface area contributed by atoms with Gasteiger partial charge < -0.3 is 9.88 Å². The molecule has 0 amide bonds. The monoisotopic (exact) mass is 330 g/mol. The molecule has 8 heteroatoms. The van der Waals surface area contributed by atoms with E-state index in [0.717, 1.165) is 24.0 Å². The van der Waals surface area contributed by atoms with Gasteiger partial charge in [0.2, 0.25) is 0 Å². The zero-order valence-corrected chi connectivity index (χ0v) is 14.1. The molecular formula is C15H18N6OS. The van der Waals surface area contributed by atoms with Crippen molar-refractivity contribution in [1.82, 2.24) is 24.7 Å². The van der Waals surface area contributed by atoms with Crippen molar-refractivity contribution in [3.8, 4) is 0 Å². The number of nitrogens with one attached hydrogen (secondary N) is 1. The topological polar surface area (TPSA) is 79.7 Å². The van der Waals surface area contributed by atoms with E-state index in [2.05, 4.69) is 40.7 Å². The number of H-pyrrole nitrogens is 1. The first-order valence-electron chi connectivity index (χ1n) is 7.56. The molecule has 7 nitrogen and oxygen atoms in total. The van der Waals surface area contributed by atoms with Gasteiger partial charge in [0.05, 0.1) is 17.7 Å². The maximum absolute atomic E-state index is 12.3. The van der Waals surface area contributed by atoms with Gasteiger partial charge >= 0.3 is 0 Å². The van der Waals surface area contributed by atoms with Crippen LogP contribution in [-0.4, -0.2) is 37.8 Å². The number of aromatic amines is 1. The van der Waals surface area contributed by atoms with Crippen molar-refractivity contribution >= 4 is 27.5 Å². The summed E-state index contributed by atoms with van der Waals surface area (Å²) >= 11 is 1.63. The van der Waals surface area contributed by atoms with Crippen LogP contribution in [0.1, 0.15) is 32.5 Å². The molecule has 1 N–H and O–H groups in total. The van der Waals surface area contributed by atoms with Crippen LogP contribution in [0.25, 0.3) is 11.0 Å². The van der Waals surface area contributed by atoms with Crippen LogP contribution in [0.4, 0.5) is 5.13 Å². The minimum Gasteiger partial charge on any atom is -0.346 e. The zero-order chi connectivity index (χ0) is 16.2. The Labute approximate surface area is 137 Å². The van der Waals surface area contributed by atoms with Crippen molar-refractivity contribution in [3.05, 3.63) is 34.0 Å². The van der Waals surface area contributed by atoms with Crippen LogP contribution in [0.2, 0.25) is 0 Å². The minimum atomic E-state index is -0.216. The number of thiazole rings is 1. The molecular weight excluding hydrogens is 312 g/mol. The number of fused-ring (bicyclic) bond motifs is 1. The molecule has 1 aliphatic rings. The lowest BCUT2D eigenvalue weighted by atomic mass is 10.00. The van der Waals surface area contributed by atoms with Crippen LogP contribution in [0.3, 0.4) is 0 Å².